The van der Waals surface area contributed by atoms with E-state index in [-0.39, 0.29) is 6.04 Å². The van der Waals surface area contributed by atoms with Crippen molar-refractivity contribution in [2.45, 2.75) is 32.7 Å². The molecule has 1 atom stereocenters. The molecule has 1 aromatic heterocycles. The normalized spacial score (nSPS) is 13.8. The van der Waals surface area contributed by atoms with Gasteiger partial charge in [0.25, 0.3) is 10.2 Å². The molecule has 0 bridgehead atoms. The van der Waals surface area contributed by atoms with Gasteiger partial charge in [-0.05, 0) is 52.4 Å². The smallest absolute Gasteiger partial charge is 0.279 e. The van der Waals surface area contributed by atoms with Crippen molar-refractivity contribution in [1.29, 1.82) is 0 Å². The summed E-state index contributed by atoms with van der Waals surface area (Å²) in [5.41, 5.74) is 0. The number of aryl methyl sites for hydroxylation is 1. The van der Waals surface area contributed by atoms with Crippen LogP contribution in [0.15, 0.2) is 12.1 Å². The van der Waals surface area contributed by atoms with E-state index in [4.69, 9.17) is 0 Å². The molecule has 1 aromatic rings. The molecule has 0 aromatic carbocycles. The Labute approximate surface area is 126 Å². The fourth-order valence-corrected chi connectivity index (χ4v) is 4.04. The van der Waals surface area contributed by atoms with Crippen molar-refractivity contribution in [2.24, 2.45) is 0 Å². The first kappa shape index (κ1) is 17.6. The molecule has 20 heavy (non-hydrogen) atoms. The van der Waals surface area contributed by atoms with Crippen molar-refractivity contribution in [2.75, 3.05) is 27.2 Å². The van der Waals surface area contributed by atoms with E-state index in [1.807, 2.05) is 14.0 Å². The predicted octanol–water partition coefficient (Wildman–Crippen LogP) is 1.36. The Morgan fingerprint density at radius 1 is 1.40 bits per heavy atom. The van der Waals surface area contributed by atoms with Gasteiger partial charge in [0.15, 0.2) is 0 Å². The SMILES string of the molecule is CNCCCN(C)S(=O)(=O)NC(C)Cc1ccc(C)s1. The van der Waals surface area contributed by atoms with Crippen LogP contribution in [0.1, 0.15) is 23.1 Å². The summed E-state index contributed by atoms with van der Waals surface area (Å²) in [6.45, 7) is 5.28. The second-order valence-electron chi connectivity index (χ2n) is 5.02. The Kier molecular flexibility index (Phi) is 7.11. The molecule has 1 heterocycles. The van der Waals surface area contributed by atoms with E-state index in [9.17, 15) is 8.42 Å². The van der Waals surface area contributed by atoms with E-state index in [0.29, 0.717) is 6.54 Å². The van der Waals surface area contributed by atoms with Crippen LogP contribution in [0.5, 0.6) is 0 Å². The molecule has 0 aliphatic rings. The van der Waals surface area contributed by atoms with Gasteiger partial charge >= 0.3 is 0 Å². The van der Waals surface area contributed by atoms with Crippen LogP contribution in [0.2, 0.25) is 0 Å². The van der Waals surface area contributed by atoms with Crippen LogP contribution in [0.4, 0.5) is 0 Å². The van der Waals surface area contributed by atoms with E-state index >= 15 is 0 Å². The summed E-state index contributed by atoms with van der Waals surface area (Å²) in [4.78, 5) is 2.45. The van der Waals surface area contributed by atoms with Crippen LogP contribution in [-0.2, 0) is 16.6 Å². The highest BCUT2D eigenvalue weighted by molar-refractivity contribution is 7.87. The molecule has 2 N–H and O–H groups in total. The third kappa shape index (κ3) is 5.88. The topological polar surface area (TPSA) is 61.4 Å². The molecular weight excluding hydrogens is 294 g/mol. The Balaban J connectivity index is 2.48. The van der Waals surface area contributed by atoms with Gasteiger partial charge in [0, 0.05) is 29.4 Å². The van der Waals surface area contributed by atoms with Crippen LogP contribution in [0.25, 0.3) is 0 Å². The second-order valence-corrected chi connectivity index (χ2v) is 8.20. The highest BCUT2D eigenvalue weighted by atomic mass is 32.2. The fourth-order valence-electron chi connectivity index (χ4n) is 1.88. The number of hydrogen-bond acceptors (Lipinski definition) is 4. The molecular formula is C13H25N3O2S2. The molecule has 0 radical (unpaired) electrons. The summed E-state index contributed by atoms with van der Waals surface area (Å²) in [5.74, 6) is 0. The van der Waals surface area contributed by atoms with Crippen molar-refractivity contribution < 1.29 is 8.42 Å². The summed E-state index contributed by atoms with van der Waals surface area (Å²) in [6, 6.07) is 4.01. The van der Waals surface area contributed by atoms with Gasteiger partial charge in [-0.2, -0.15) is 17.4 Å². The van der Waals surface area contributed by atoms with Crippen LogP contribution >= 0.6 is 11.3 Å². The van der Waals surface area contributed by atoms with Gasteiger partial charge in [-0.15, -0.1) is 11.3 Å². The van der Waals surface area contributed by atoms with Gasteiger partial charge in [0.05, 0.1) is 0 Å². The zero-order valence-corrected chi connectivity index (χ0v) is 14.3. The molecule has 0 saturated carbocycles. The minimum Gasteiger partial charge on any atom is -0.320 e. The molecule has 0 saturated heterocycles. The summed E-state index contributed by atoms with van der Waals surface area (Å²) in [7, 11) is 0.0770. The lowest BCUT2D eigenvalue weighted by atomic mass is 10.2. The predicted molar refractivity (Wildman–Crippen MR) is 85.5 cm³/mol. The lowest BCUT2D eigenvalue weighted by Crippen LogP contribution is -2.43. The largest absolute Gasteiger partial charge is 0.320 e. The molecule has 7 heteroatoms. The number of hydrogen-bond donors (Lipinski definition) is 2. The Hall–Kier alpha value is -0.470. The summed E-state index contributed by atoms with van der Waals surface area (Å²) in [5, 5.41) is 3.01. The molecule has 0 aliphatic heterocycles. The van der Waals surface area contributed by atoms with Crippen LogP contribution < -0.4 is 10.0 Å². The lowest BCUT2D eigenvalue weighted by Gasteiger charge is -2.20. The first-order valence-corrected chi connectivity index (χ1v) is 9.04. The molecule has 0 amide bonds. The lowest BCUT2D eigenvalue weighted by molar-refractivity contribution is 0.440. The van der Waals surface area contributed by atoms with Crippen LogP contribution in [0.3, 0.4) is 0 Å². The minimum absolute atomic E-state index is 0.107. The van der Waals surface area contributed by atoms with Crippen molar-refractivity contribution in [1.82, 2.24) is 14.3 Å². The molecule has 0 spiro atoms. The zero-order chi connectivity index (χ0) is 15.2. The first-order chi connectivity index (χ1) is 9.35. The number of nitrogens with one attached hydrogen (secondary N) is 2. The highest BCUT2D eigenvalue weighted by Gasteiger charge is 2.20. The van der Waals surface area contributed by atoms with E-state index in [1.54, 1.807) is 18.4 Å². The van der Waals surface area contributed by atoms with Gasteiger partial charge in [0.2, 0.25) is 0 Å². The summed E-state index contributed by atoms with van der Waals surface area (Å²) in [6.07, 6.45) is 1.52. The van der Waals surface area contributed by atoms with Crippen LogP contribution in [0, 0.1) is 6.92 Å². The Bertz CT molecular complexity index is 499. The summed E-state index contributed by atoms with van der Waals surface area (Å²) < 4.78 is 28.4. The maximum atomic E-state index is 12.1. The molecule has 0 aliphatic carbocycles. The standard InChI is InChI=1S/C13H25N3O2S2/c1-11(10-13-7-6-12(2)19-13)15-20(17,18)16(4)9-5-8-14-3/h6-7,11,14-15H,5,8-10H2,1-4H3. The van der Waals surface area contributed by atoms with Gasteiger partial charge in [-0.1, -0.05) is 0 Å². The fraction of sp³-hybridized carbons (Fsp3) is 0.692. The number of nitrogens with zero attached hydrogens (tertiary/aromatic N) is 1. The van der Waals surface area contributed by atoms with Crippen molar-refractivity contribution >= 4 is 21.5 Å². The van der Waals surface area contributed by atoms with Gasteiger partial charge in [0.1, 0.15) is 0 Å². The van der Waals surface area contributed by atoms with Crippen molar-refractivity contribution in [3.63, 3.8) is 0 Å². The van der Waals surface area contributed by atoms with E-state index in [1.165, 1.54) is 14.1 Å². The third-order valence-electron chi connectivity index (χ3n) is 2.96. The first-order valence-electron chi connectivity index (χ1n) is 6.78. The molecule has 116 valence electrons. The quantitative estimate of drug-likeness (QED) is 0.676. The average molecular weight is 319 g/mol. The summed E-state index contributed by atoms with van der Waals surface area (Å²) >= 11 is 1.71. The van der Waals surface area contributed by atoms with Crippen LogP contribution in [-0.4, -0.2) is 45.9 Å². The molecule has 1 rings (SSSR count). The van der Waals surface area contributed by atoms with E-state index < -0.39 is 10.2 Å². The number of thiophene rings is 1. The second kappa shape index (κ2) is 8.09. The van der Waals surface area contributed by atoms with E-state index in [2.05, 4.69) is 29.1 Å². The van der Waals surface area contributed by atoms with Crippen molar-refractivity contribution in [3.8, 4) is 0 Å². The van der Waals surface area contributed by atoms with E-state index in [0.717, 1.165) is 19.4 Å². The maximum absolute atomic E-state index is 12.1. The minimum atomic E-state index is -3.39. The molecule has 0 fully saturated rings. The number of rotatable bonds is 9. The Morgan fingerprint density at radius 3 is 2.65 bits per heavy atom. The monoisotopic (exact) mass is 319 g/mol. The maximum Gasteiger partial charge on any atom is 0.279 e. The van der Waals surface area contributed by atoms with Gasteiger partial charge in [-0.25, -0.2) is 0 Å². The van der Waals surface area contributed by atoms with Gasteiger partial charge < -0.3 is 5.32 Å². The Morgan fingerprint density at radius 2 is 2.10 bits per heavy atom. The average Bonchev–Trinajstić information content (AvgIpc) is 2.73. The highest BCUT2D eigenvalue weighted by Crippen LogP contribution is 2.17. The zero-order valence-electron chi connectivity index (χ0n) is 12.6. The molecule has 1 unspecified atom stereocenters. The third-order valence-corrected chi connectivity index (χ3v) is 5.69. The van der Waals surface area contributed by atoms with Gasteiger partial charge in [-0.3, -0.25) is 0 Å². The molecule has 5 nitrogen and oxygen atoms in total. The van der Waals surface area contributed by atoms with Crippen molar-refractivity contribution in [3.05, 3.63) is 21.9 Å².